The van der Waals surface area contributed by atoms with E-state index in [1.165, 1.54) is 26.2 Å². The van der Waals surface area contributed by atoms with E-state index in [-0.39, 0.29) is 29.8 Å². The predicted octanol–water partition coefficient (Wildman–Crippen LogP) is 3.35. The second-order valence-corrected chi connectivity index (χ2v) is 8.98. The molecule has 0 aliphatic heterocycles. The molecular formula is C22H30N2O3. The lowest BCUT2D eigenvalue weighted by molar-refractivity contribution is -0.127. The van der Waals surface area contributed by atoms with Gasteiger partial charge in [-0.05, 0) is 74.0 Å². The lowest BCUT2D eigenvalue weighted by Gasteiger charge is -2.57. The molecule has 0 saturated heterocycles. The van der Waals surface area contributed by atoms with Crippen LogP contribution in [0.15, 0.2) is 24.3 Å². The van der Waals surface area contributed by atoms with Crippen molar-refractivity contribution in [3.8, 4) is 5.75 Å². The second-order valence-electron chi connectivity index (χ2n) is 8.98. The highest BCUT2D eigenvalue weighted by Gasteiger charge is 2.51. The van der Waals surface area contributed by atoms with E-state index in [0.29, 0.717) is 0 Å². The van der Waals surface area contributed by atoms with Gasteiger partial charge >= 0.3 is 0 Å². The fourth-order valence-electron chi connectivity index (χ4n) is 6.13. The molecule has 1 atom stereocenters. The van der Waals surface area contributed by atoms with Gasteiger partial charge in [-0.15, -0.1) is 0 Å². The van der Waals surface area contributed by atoms with Gasteiger partial charge in [-0.3, -0.25) is 9.59 Å². The smallest absolute Gasteiger partial charge is 0.222 e. The Balaban J connectivity index is 1.44. The van der Waals surface area contributed by atoms with Gasteiger partial charge in [0.2, 0.25) is 11.8 Å². The van der Waals surface area contributed by atoms with Crippen molar-refractivity contribution in [2.45, 2.75) is 63.5 Å². The van der Waals surface area contributed by atoms with E-state index in [1.807, 2.05) is 24.3 Å². The van der Waals surface area contributed by atoms with Crippen molar-refractivity contribution >= 4 is 11.8 Å². The average Bonchev–Trinajstić information content (AvgIpc) is 2.59. The van der Waals surface area contributed by atoms with Crippen molar-refractivity contribution < 1.29 is 14.3 Å². The highest BCUT2D eigenvalue weighted by molar-refractivity contribution is 5.79. The number of amides is 2. The number of hydrogen-bond acceptors (Lipinski definition) is 3. The van der Waals surface area contributed by atoms with Crippen molar-refractivity contribution in [3.05, 3.63) is 29.8 Å². The zero-order chi connectivity index (χ0) is 19.0. The van der Waals surface area contributed by atoms with Crippen LogP contribution in [-0.4, -0.2) is 24.5 Å². The highest BCUT2D eigenvalue weighted by Crippen LogP contribution is 2.55. The first-order valence-electron chi connectivity index (χ1n) is 10.2. The lowest BCUT2D eigenvalue weighted by atomic mass is 9.53. The molecule has 2 N–H and O–H groups in total. The Morgan fingerprint density at radius 2 is 1.63 bits per heavy atom. The van der Waals surface area contributed by atoms with Crippen molar-refractivity contribution in [2.75, 3.05) is 7.11 Å². The normalized spacial score (nSPS) is 32.0. The molecule has 2 amide bonds. The third kappa shape index (κ3) is 3.97. The Hall–Kier alpha value is -2.04. The summed E-state index contributed by atoms with van der Waals surface area (Å²) in [6, 6.07) is 7.24. The molecule has 5 rings (SSSR count). The van der Waals surface area contributed by atoms with Crippen LogP contribution in [0.3, 0.4) is 0 Å². The van der Waals surface area contributed by atoms with Crippen LogP contribution in [0.4, 0.5) is 0 Å². The minimum atomic E-state index is -0.317. The molecule has 5 nitrogen and oxygen atoms in total. The van der Waals surface area contributed by atoms with E-state index in [2.05, 4.69) is 10.6 Å². The van der Waals surface area contributed by atoms with Crippen LogP contribution >= 0.6 is 0 Å². The molecule has 0 radical (unpaired) electrons. The van der Waals surface area contributed by atoms with Crippen molar-refractivity contribution in [3.63, 3.8) is 0 Å². The summed E-state index contributed by atoms with van der Waals surface area (Å²) < 4.78 is 5.20. The first-order chi connectivity index (χ1) is 12.9. The maximum absolute atomic E-state index is 12.9. The second kappa shape index (κ2) is 7.17. The Morgan fingerprint density at radius 3 is 2.11 bits per heavy atom. The van der Waals surface area contributed by atoms with E-state index in [1.54, 1.807) is 7.11 Å². The van der Waals surface area contributed by atoms with Crippen molar-refractivity contribution in [1.29, 1.82) is 0 Å². The number of nitrogens with one attached hydrogen (secondary N) is 2. The molecule has 146 valence electrons. The van der Waals surface area contributed by atoms with Crippen molar-refractivity contribution in [1.82, 2.24) is 10.6 Å². The van der Waals surface area contributed by atoms with Gasteiger partial charge in [0.25, 0.3) is 0 Å². The van der Waals surface area contributed by atoms with Gasteiger partial charge in [0, 0.05) is 12.5 Å². The maximum Gasteiger partial charge on any atom is 0.222 e. The zero-order valence-corrected chi connectivity index (χ0v) is 16.3. The van der Waals surface area contributed by atoms with Crippen LogP contribution in [0.5, 0.6) is 5.75 Å². The molecule has 5 heteroatoms. The Kier molecular flexibility index (Phi) is 4.87. The number of carbonyl (C=O) groups excluding carboxylic acids is 2. The summed E-state index contributed by atoms with van der Waals surface area (Å²) in [5.74, 6) is 3.07. The Morgan fingerprint density at radius 1 is 1.07 bits per heavy atom. The minimum Gasteiger partial charge on any atom is -0.497 e. The van der Waals surface area contributed by atoms with Crippen LogP contribution in [0.2, 0.25) is 0 Å². The average molecular weight is 370 g/mol. The van der Waals surface area contributed by atoms with E-state index in [4.69, 9.17) is 4.74 Å². The molecule has 0 spiro atoms. The molecular weight excluding hydrogens is 340 g/mol. The third-order valence-corrected chi connectivity index (χ3v) is 6.73. The van der Waals surface area contributed by atoms with E-state index in [0.717, 1.165) is 48.3 Å². The molecule has 4 bridgehead atoms. The molecule has 4 saturated carbocycles. The third-order valence-electron chi connectivity index (χ3n) is 6.73. The predicted molar refractivity (Wildman–Crippen MR) is 103 cm³/mol. The van der Waals surface area contributed by atoms with E-state index < -0.39 is 0 Å². The van der Waals surface area contributed by atoms with E-state index in [9.17, 15) is 9.59 Å². The summed E-state index contributed by atoms with van der Waals surface area (Å²) in [5.41, 5.74) is 0.929. The zero-order valence-electron chi connectivity index (χ0n) is 16.3. The number of rotatable bonds is 6. The van der Waals surface area contributed by atoms with Crippen molar-refractivity contribution in [2.24, 2.45) is 17.8 Å². The maximum atomic E-state index is 12.9. The molecule has 4 fully saturated rings. The van der Waals surface area contributed by atoms with Gasteiger partial charge in [0.05, 0.1) is 19.6 Å². The molecule has 1 aromatic rings. The monoisotopic (exact) mass is 370 g/mol. The molecule has 1 aromatic carbocycles. The Bertz CT molecular complexity index is 677. The number of benzene rings is 1. The summed E-state index contributed by atoms with van der Waals surface area (Å²) in [6.45, 7) is 1.49. The van der Waals surface area contributed by atoms with Crippen LogP contribution < -0.4 is 15.4 Å². The topological polar surface area (TPSA) is 67.4 Å². The van der Waals surface area contributed by atoms with Crippen LogP contribution in [0, 0.1) is 17.8 Å². The molecule has 4 aliphatic carbocycles. The van der Waals surface area contributed by atoms with Crippen LogP contribution in [0.1, 0.15) is 63.5 Å². The number of carbonyl (C=O) groups is 2. The minimum absolute atomic E-state index is 0.00646. The first kappa shape index (κ1) is 18.3. The molecule has 1 unspecified atom stereocenters. The fourth-order valence-corrected chi connectivity index (χ4v) is 6.13. The molecule has 4 aliphatic rings. The summed E-state index contributed by atoms with van der Waals surface area (Å²) in [5, 5.41) is 6.34. The summed E-state index contributed by atoms with van der Waals surface area (Å²) in [4.78, 5) is 24.6. The molecule has 0 aromatic heterocycles. The summed E-state index contributed by atoms with van der Waals surface area (Å²) in [6.07, 6.45) is 7.75. The number of methoxy groups -OCH3 is 1. The Labute approximate surface area is 161 Å². The summed E-state index contributed by atoms with van der Waals surface area (Å²) >= 11 is 0. The molecule has 27 heavy (non-hydrogen) atoms. The molecule has 0 heterocycles. The fraction of sp³-hybridized carbons (Fsp3) is 0.636. The van der Waals surface area contributed by atoms with Crippen LogP contribution in [-0.2, 0) is 9.59 Å². The van der Waals surface area contributed by atoms with Crippen LogP contribution in [0.25, 0.3) is 0 Å². The van der Waals surface area contributed by atoms with Gasteiger partial charge in [0.1, 0.15) is 5.75 Å². The van der Waals surface area contributed by atoms with Gasteiger partial charge in [0.15, 0.2) is 0 Å². The number of ether oxygens (including phenoxy) is 1. The first-order valence-corrected chi connectivity index (χ1v) is 10.2. The van der Waals surface area contributed by atoms with Gasteiger partial charge in [-0.2, -0.15) is 0 Å². The van der Waals surface area contributed by atoms with E-state index >= 15 is 0 Å². The van der Waals surface area contributed by atoms with Gasteiger partial charge in [-0.25, -0.2) is 0 Å². The standard InChI is InChI=1S/C22H30N2O3/c1-14(25)23-20(18-3-5-19(27-2)6-4-18)10-21(26)24-22-11-15-7-16(12-22)9-17(8-15)13-22/h3-6,15-17,20H,7-13H2,1-2H3,(H,23,25)(H,24,26). The number of hydrogen-bond donors (Lipinski definition) is 2. The SMILES string of the molecule is COc1ccc(C(CC(=O)NC23CC4CC(CC(C4)C2)C3)NC(C)=O)cc1. The van der Waals surface area contributed by atoms with Gasteiger partial charge < -0.3 is 15.4 Å². The highest BCUT2D eigenvalue weighted by atomic mass is 16.5. The van der Waals surface area contributed by atoms with Gasteiger partial charge in [-0.1, -0.05) is 12.1 Å². The largest absolute Gasteiger partial charge is 0.497 e. The lowest BCUT2D eigenvalue weighted by Crippen LogP contribution is -2.60. The quantitative estimate of drug-likeness (QED) is 0.807. The summed E-state index contributed by atoms with van der Waals surface area (Å²) in [7, 11) is 1.62.